The summed E-state index contributed by atoms with van der Waals surface area (Å²) in [4.78, 5) is 18.7. The molecule has 2 aromatic heterocycles. The summed E-state index contributed by atoms with van der Waals surface area (Å²) in [6.07, 6.45) is 1.68. The lowest BCUT2D eigenvalue weighted by atomic mass is 10.0. The van der Waals surface area contributed by atoms with Gasteiger partial charge in [-0.2, -0.15) is 0 Å². The van der Waals surface area contributed by atoms with E-state index >= 15 is 0 Å². The van der Waals surface area contributed by atoms with E-state index in [0.29, 0.717) is 13.1 Å². The third kappa shape index (κ3) is 5.73. The van der Waals surface area contributed by atoms with Crippen molar-refractivity contribution in [2.45, 2.75) is 52.7 Å². The Labute approximate surface area is 223 Å². The van der Waals surface area contributed by atoms with Gasteiger partial charge < -0.3 is 4.98 Å². The average molecular weight is 507 g/mol. The minimum absolute atomic E-state index is 0.0494. The number of tetrazole rings is 1. The van der Waals surface area contributed by atoms with Gasteiger partial charge in [0.05, 0.1) is 12.6 Å². The van der Waals surface area contributed by atoms with Crippen molar-refractivity contribution in [2.75, 3.05) is 6.54 Å². The molecule has 0 radical (unpaired) electrons. The molecule has 2 heterocycles. The molecule has 7 nitrogen and oxygen atoms in total. The quantitative estimate of drug-likeness (QED) is 0.275. The van der Waals surface area contributed by atoms with Crippen molar-refractivity contribution in [2.24, 2.45) is 0 Å². The molecule has 38 heavy (non-hydrogen) atoms. The number of H-pyrrole nitrogens is 1. The average Bonchev–Trinajstić information content (AvgIpc) is 3.37. The van der Waals surface area contributed by atoms with Gasteiger partial charge in [-0.15, -0.1) is 5.10 Å². The molecule has 0 aliphatic carbocycles. The first-order chi connectivity index (χ1) is 18.5. The van der Waals surface area contributed by atoms with Gasteiger partial charge in [0.1, 0.15) is 0 Å². The highest BCUT2D eigenvalue weighted by Gasteiger charge is 2.26. The maximum Gasteiger partial charge on any atom is 0.252 e. The number of hydrogen-bond acceptors (Lipinski definition) is 5. The van der Waals surface area contributed by atoms with Crippen LogP contribution in [0.1, 0.15) is 53.0 Å². The molecular formula is C31H34N6O. The second kappa shape index (κ2) is 11.5. The van der Waals surface area contributed by atoms with E-state index in [-0.39, 0.29) is 11.6 Å². The third-order valence-electron chi connectivity index (χ3n) is 7.15. The van der Waals surface area contributed by atoms with E-state index in [1.165, 1.54) is 5.56 Å². The van der Waals surface area contributed by atoms with Gasteiger partial charge in [-0.25, -0.2) is 4.68 Å². The van der Waals surface area contributed by atoms with Crippen LogP contribution >= 0.6 is 0 Å². The Hall–Kier alpha value is -4.10. The van der Waals surface area contributed by atoms with Crippen LogP contribution in [0.2, 0.25) is 0 Å². The number of rotatable bonds is 10. The number of nitrogens with one attached hydrogen (secondary N) is 1. The van der Waals surface area contributed by atoms with E-state index in [1.807, 2.05) is 35.0 Å². The van der Waals surface area contributed by atoms with Crippen molar-refractivity contribution in [1.29, 1.82) is 0 Å². The number of fused-ring (bicyclic) bond motifs is 1. The number of aromatic amines is 1. The van der Waals surface area contributed by atoms with E-state index < -0.39 is 0 Å². The Kier molecular flexibility index (Phi) is 7.75. The summed E-state index contributed by atoms with van der Waals surface area (Å²) < 4.78 is 1.89. The lowest BCUT2D eigenvalue weighted by Crippen LogP contribution is -2.34. The smallest absolute Gasteiger partial charge is 0.252 e. The highest BCUT2D eigenvalue weighted by atomic mass is 16.1. The number of aromatic nitrogens is 5. The minimum atomic E-state index is -0.0501. The van der Waals surface area contributed by atoms with Gasteiger partial charge in [0.25, 0.3) is 5.56 Å². The third-order valence-corrected chi connectivity index (χ3v) is 7.15. The molecular weight excluding hydrogens is 472 g/mol. The summed E-state index contributed by atoms with van der Waals surface area (Å²) in [6, 6.07) is 26.9. The van der Waals surface area contributed by atoms with E-state index in [0.717, 1.165) is 58.4 Å². The molecule has 0 amide bonds. The zero-order valence-corrected chi connectivity index (χ0v) is 22.3. The number of aryl methyl sites for hydroxylation is 2. The van der Waals surface area contributed by atoms with Crippen LogP contribution in [0.25, 0.3) is 10.9 Å². The molecule has 3 aromatic carbocycles. The monoisotopic (exact) mass is 506 g/mol. The molecule has 0 saturated carbocycles. The van der Waals surface area contributed by atoms with Crippen LogP contribution in [0.3, 0.4) is 0 Å². The van der Waals surface area contributed by atoms with Crippen molar-refractivity contribution >= 4 is 10.9 Å². The second-order valence-corrected chi connectivity index (χ2v) is 9.98. The molecule has 0 spiro atoms. The first-order valence-corrected chi connectivity index (χ1v) is 13.2. The minimum Gasteiger partial charge on any atom is -0.322 e. The number of nitrogens with zero attached hydrogens (tertiary/aromatic N) is 5. The van der Waals surface area contributed by atoms with Crippen LogP contribution in [0.5, 0.6) is 0 Å². The van der Waals surface area contributed by atoms with Crippen molar-refractivity contribution in [3.8, 4) is 0 Å². The van der Waals surface area contributed by atoms with Gasteiger partial charge in [0, 0.05) is 29.6 Å². The summed E-state index contributed by atoms with van der Waals surface area (Å²) in [5, 5.41) is 13.9. The van der Waals surface area contributed by atoms with Gasteiger partial charge in [-0.1, -0.05) is 73.7 Å². The Morgan fingerprint density at radius 3 is 2.37 bits per heavy atom. The van der Waals surface area contributed by atoms with Gasteiger partial charge in [0.2, 0.25) is 0 Å². The Morgan fingerprint density at radius 1 is 0.947 bits per heavy atom. The predicted molar refractivity (Wildman–Crippen MR) is 151 cm³/mol. The standard InChI is InChI=1S/C31H34N6O/c1-4-29(30-33-34-35-37(30)20-25-13-9-6-10-14-25)36(16-15-24-11-7-5-8-12-24)21-26-19-27-23(3)17-22(2)18-28(27)32-31(26)38/h5-14,17-19,29H,4,15-16,20-21H2,1-3H3,(H,32,38)/t29-/m1/s1. The number of benzene rings is 3. The largest absolute Gasteiger partial charge is 0.322 e. The molecule has 5 aromatic rings. The maximum atomic E-state index is 13.2. The van der Waals surface area contributed by atoms with Crippen LogP contribution in [-0.2, 0) is 19.5 Å². The molecule has 5 rings (SSSR count). The fraction of sp³-hybridized carbons (Fsp3) is 0.290. The second-order valence-electron chi connectivity index (χ2n) is 9.98. The molecule has 0 saturated heterocycles. The summed E-state index contributed by atoms with van der Waals surface area (Å²) in [5.74, 6) is 0.813. The number of pyridine rings is 1. The zero-order chi connectivity index (χ0) is 26.5. The molecule has 7 heteroatoms. The molecule has 0 aliphatic heterocycles. The maximum absolute atomic E-state index is 13.2. The van der Waals surface area contributed by atoms with E-state index in [9.17, 15) is 4.79 Å². The summed E-state index contributed by atoms with van der Waals surface area (Å²) in [7, 11) is 0. The van der Waals surface area contributed by atoms with Crippen molar-refractivity contribution in [1.82, 2.24) is 30.1 Å². The van der Waals surface area contributed by atoms with Crippen molar-refractivity contribution in [3.05, 3.63) is 123 Å². The van der Waals surface area contributed by atoms with Crippen molar-refractivity contribution < 1.29 is 0 Å². The molecule has 0 unspecified atom stereocenters. The Balaban J connectivity index is 1.50. The summed E-state index contributed by atoms with van der Waals surface area (Å²) >= 11 is 0. The lowest BCUT2D eigenvalue weighted by molar-refractivity contribution is 0.172. The van der Waals surface area contributed by atoms with Gasteiger partial charge in [0.15, 0.2) is 5.82 Å². The van der Waals surface area contributed by atoms with Crippen LogP contribution in [-0.4, -0.2) is 36.6 Å². The lowest BCUT2D eigenvalue weighted by Gasteiger charge is -2.30. The Morgan fingerprint density at radius 2 is 1.66 bits per heavy atom. The summed E-state index contributed by atoms with van der Waals surface area (Å²) in [5.41, 5.74) is 6.28. The SMILES string of the molecule is CC[C@H](c1nnnn1Cc1ccccc1)N(CCc1ccccc1)Cc1cc2c(C)cc(C)cc2[nH]c1=O. The van der Waals surface area contributed by atoms with E-state index in [2.05, 4.69) is 94.7 Å². The summed E-state index contributed by atoms with van der Waals surface area (Å²) in [6.45, 7) is 8.17. The Bertz CT molecular complexity index is 1560. The fourth-order valence-corrected chi connectivity index (χ4v) is 5.24. The van der Waals surface area contributed by atoms with Crippen molar-refractivity contribution in [3.63, 3.8) is 0 Å². The molecule has 0 fully saturated rings. The molecule has 0 bridgehead atoms. The molecule has 0 aliphatic rings. The highest BCUT2D eigenvalue weighted by molar-refractivity contribution is 5.83. The fourth-order valence-electron chi connectivity index (χ4n) is 5.24. The van der Waals surface area contributed by atoms with Crippen LogP contribution in [0.15, 0.2) is 83.7 Å². The van der Waals surface area contributed by atoms with Gasteiger partial charge >= 0.3 is 0 Å². The van der Waals surface area contributed by atoms with Gasteiger partial charge in [-0.05, 0) is 71.5 Å². The van der Waals surface area contributed by atoms with Crippen LogP contribution in [0, 0.1) is 13.8 Å². The van der Waals surface area contributed by atoms with E-state index in [1.54, 1.807) is 0 Å². The van der Waals surface area contributed by atoms with Crippen LogP contribution in [0.4, 0.5) is 0 Å². The molecule has 194 valence electrons. The highest BCUT2D eigenvalue weighted by Crippen LogP contribution is 2.26. The first-order valence-electron chi connectivity index (χ1n) is 13.2. The van der Waals surface area contributed by atoms with Gasteiger partial charge in [-0.3, -0.25) is 9.69 Å². The number of hydrogen-bond donors (Lipinski definition) is 1. The zero-order valence-electron chi connectivity index (χ0n) is 22.3. The van der Waals surface area contributed by atoms with E-state index in [4.69, 9.17) is 0 Å². The topological polar surface area (TPSA) is 79.7 Å². The molecule has 1 N–H and O–H groups in total. The van der Waals surface area contributed by atoms with Crippen LogP contribution < -0.4 is 5.56 Å². The molecule has 1 atom stereocenters. The predicted octanol–water partition coefficient (Wildman–Crippen LogP) is 5.38. The first kappa shape index (κ1) is 25.5. The normalized spacial score (nSPS) is 12.3.